The number of halogens is 2. The van der Waals surface area contributed by atoms with E-state index in [1.165, 1.54) is 6.92 Å². The van der Waals surface area contributed by atoms with Crippen molar-refractivity contribution in [2.75, 3.05) is 0 Å². The van der Waals surface area contributed by atoms with Gasteiger partial charge in [0.05, 0.1) is 6.04 Å². The SMILES string of the molecule is Cc1ccc(C(N)C(C)C(C)(F)F)o1. The monoisotopic (exact) mass is 203 g/mol. The van der Waals surface area contributed by atoms with Gasteiger partial charge in [-0.05, 0) is 26.0 Å². The zero-order chi connectivity index (χ0) is 10.9. The van der Waals surface area contributed by atoms with Gasteiger partial charge in [0.1, 0.15) is 11.5 Å². The largest absolute Gasteiger partial charge is 0.465 e. The van der Waals surface area contributed by atoms with E-state index in [1.54, 1.807) is 19.1 Å². The van der Waals surface area contributed by atoms with Gasteiger partial charge < -0.3 is 10.2 Å². The maximum atomic E-state index is 12.9. The second kappa shape index (κ2) is 3.69. The fourth-order valence-electron chi connectivity index (χ4n) is 1.19. The Morgan fingerprint density at radius 3 is 2.36 bits per heavy atom. The molecular weight excluding hydrogens is 188 g/mol. The van der Waals surface area contributed by atoms with E-state index in [4.69, 9.17) is 10.2 Å². The molecule has 0 aliphatic rings. The summed E-state index contributed by atoms with van der Waals surface area (Å²) in [6.07, 6.45) is 0. The minimum absolute atomic E-state index is 0.413. The third kappa shape index (κ3) is 2.32. The van der Waals surface area contributed by atoms with Crippen LogP contribution in [0.1, 0.15) is 31.4 Å². The van der Waals surface area contributed by atoms with Crippen molar-refractivity contribution < 1.29 is 13.2 Å². The fourth-order valence-corrected chi connectivity index (χ4v) is 1.19. The zero-order valence-corrected chi connectivity index (χ0v) is 8.55. The molecule has 0 amide bonds. The van der Waals surface area contributed by atoms with Gasteiger partial charge >= 0.3 is 0 Å². The van der Waals surface area contributed by atoms with Gasteiger partial charge in [-0.25, -0.2) is 8.78 Å². The van der Waals surface area contributed by atoms with Crippen LogP contribution in [-0.4, -0.2) is 5.92 Å². The highest BCUT2D eigenvalue weighted by molar-refractivity contribution is 5.10. The van der Waals surface area contributed by atoms with Gasteiger partial charge in [-0.3, -0.25) is 0 Å². The molecule has 1 aromatic rings. The Hall–Kier alpha value is -0.900. The lowest BCUT2D eigenvalue weighted by molar-refractivity contribution is -0.0444. The highest BCUT2D eigenvalue weighted by Crippen LogP contribution is 2.33. The molecule has 4 heteroatoms. The Morgan fingerprint density at radius 1 is 1.43 bits per heavy atom. The molecule has 0 radical (unpaired) electrons. The van der Waals surface area contributed by atoms with Crippen LogP contribution in [-0.2, 0) is 0 Å². The number of rotatable bonds is 3. The summed E-state index contributed by atoms with van der Waals surface area (Å²) in [7, 11) is 0. The van der Waals surface area contributed by atoms with Crippen molar-refractivity contribution in [2.45, 2.75) is 32.7 Å². The smallest absolute Gasteiger partial charge is 0.249 e. The highest BCUT2D eigenvalue weighted by atomic mass is 19.3. The number of furan rings is 1. The number of hydrogen-bond acceptors (Lipinski definition) is 2. The molecule has 0 aliphatic heterocycles. The van der Waals surface area contributed by atoms with Gasteiger partial charge in [-0.15, -0.1) is 0 Å². The molecule has 2 unspecified atom stereocenters. The third-order valence-corrected chi connectivity index (χ3v) is 2.43. The minimum atomic E-state index is -2.79. The molecule has 2 N–H and O–H groups in total. The fraction of sp³-hybridized carbons (Fsp3) is 0.600. The van der Waals surface area contributed by atoms with Crippen molar-refractivity contribution in [3.8, 4) is 0 Å². The van der Waals surface area contributed by atoms with E-state index in [0.717, 1.165) is 6.92 Å². The van der Waals surface area contributed by atoms with Crippen LogP contribution in [0.4, 0.5) is 8.78 Å². The Balaban J connectivity index is 2.80. The molecule has 1 heterocycles. The van der Waals surface area contributed by atoms with E-state index < -0.39 is 17.9 Å². The first kappa shape index (κ1) is 11.2. The van der Waals surface area contributed by atoms with E-state index in [1.807, 2.05) is 0 Å². The van der Waals surface area contributed by atoms with Crippen LogP contribution >= 0.6 is 0 Å². The standard InChI is InChI=1S/C10H15F2NO/c1-6-4-5-8(14-6)9(13)7(2)10(3,11)12/h4-5,7,9H,13H2,1-3H3. The second-order valence-electron chi connectivity index (χ2n) is 3.72. The van der Waals surface area contributed by atoms with Gasteiger partial charge in [0.2, 0.25) is 5.92 Å². The Bertz CT molecular complexity index is 303. The number of alkyl halides is 2. The third-order valence-electron chi connectivity index (χ3n) is 2.43. The maximum absolute atomic E-state index is 12.9. The van der Waals surface area contributed by atoms with Crippen molar-refractivity contribution in [2.24, 2.45) is 11.7 Å². The first-order chi connectivity index (χ1) is 6.32. The molecule has 0 aliphatic carbocycles. The summed E-state index contributed by atoms with van der Waals surface area (Å²) in [5.41, 5.74) is 5.66. The average Bonchev–Trinajstić information content (AvgIpc) is 2.47. The van der Waals surface area contributed by atoms with Crippen molar-refractivity contribution in [3.63, 3.8) is 0 Å². The molecule has 0 saturated carbocycles. The first-order valence-electron chi connectivity index (χ1n) is 4.52. The normalized spacial score (nSPS) is 16.7. The molecule has 14 heavy (non-hydrogen) atoms. The predicted molar refractivity (Wildman–Crippen MR) is 50.2 cm³/mol. The van der Waals surface area contributed by atoms with Crippen LogP contribution in [0.15, 0.2) is 16.5 Å². The van der Waals surface area contributed by atoms with Gasteiger partial charge in [-0.2, -0.15) is 0 Å². The lowest BCUT2D eigenvalue weighted by Gasteiger charge is -2.23. The quantitative estimate of drug-likeness (QED) is 0.820. The van der Waals surface area contributed by atoms with Crippen LogP contribution in [0.3, 0.4) is 0 Å². The average molecular weight is 203 g/mol. The highest BCUT2D eigenvalue weighted by Gasteiger charge is 2.36. The molecule has 1 rings (SSSR count). The summed E-state index contributed by atoms with van der Waals surface area (Å²) in [4.78, 5) is 0. The van der Waals surface area contributed by atoms with E-state index in [2.05, 4.69) is 0 Å². The lowest BCUT2D eigenvalue weighted by atomic mass is 9.95. The molecule has 0 fully saturated rings. The van der Waals surface area contributed by atoms with Crippen LogP contribution < -0.4 is 5.73 Å². The van der Waals surface area contributed by atoms with Crippen molar-refractivity contribution >= 4 is 0 Å². The van der Waals surface area contributed by atoms with E-state index in [9.17, 15) is 8.78 Å². The maximum Gasteiger partial charge on any atom is 0.249 e. The Labute approximate surface area is 82.1 Å². The van der Waals surface area contributed by atoms with Gasteiger partial charge in [-0.1, -0.05) is 6.92 Å². The summed E-state index contributed by atoms with van der Waals surface area (Å²) < 4.78 is 31.1. The second-order valence-corrected chi connectivity index (χ2v) is 3.72. The van der Waals surface area contributed by atoms with Gasteiger partial charge in [0.15, 0.2) is 0 Å². The molecular formula is C10H15F2NO. The molecule has 0 aromatic carbocycles. The van der Waals surface area contributed by atoms with Crippen molar-refractivity contribution in [3.05, 3.63) is 23.7 Å². The van der Waals surface area contributed by atoms with Crippen LogP contribution in [0.25, 0.3) is 0 Å². The molecule has 0 bridgehead atoms. The summed E-state index contributed by atoms with van der Waals surface area (Å²) in [5.74, 6) is -2.63. The Morgan fingerprint density at radius 2 is 2.00 bits per heavy atom. The number of nitrogens with two attached hydrogens (primary N) is 1. The van der Waals surface area contributed by atoms with E-state index >= 15 is 0 Å². The molecule has 0 saturated heterocycles. The van der Waals surface area contributed by atoms with Crippen molar-refractivity contribution in [1.82, 2.24) is 0 Å². The summed E-state index contributed by atoms with van der Waals surface area (Å²) >= 11 is 0. The van der Waals surface area contributed by atoms with E-state index in [-0.39, 0.29) is 0 Å². The summed E-state index contributed by atoms with van der Waals surface area (Å²) in [6.45, 7) is 4.04. The van der Waals surface area contributed by atoms with Crippen LogP contribution in [0.2, 0.25) is 0 Å². The Kier molecular flexibility index (Phi) is 2.95. The molecule has 2 atom stereocenters. The minimum Gasteiger partial charge on any atom is -0.465 e. The topological polar surface area (TPSA) is 39.2 Å². The van der Waals surface area contributed by atoms with Crippen molar-refractivity contribution in [1.29, 1.82) is 0 Å². The zero-order valence-electron chi connectivity index (χ0n) is 8.55. The van der Waals surface area contributed by atoms with E-state index in [0.29, 0.717) is 11.5 Å². The van der Waals surface area contributed by atoms with Gasteiger partial charge in [0, 0.05) is 5.92 Å². The number of aryl methyl sites for hydroxylation is 1. The molecule has 80 valence electrons. The molecule has 0 spiro atoms. The lowest BCUT2D eigenvalue weighted by Crippen LogP contribution is -2.32. The molecule has 1 aromatic heterocycles. The van der Waals surface area contributed by atoms with Crippen LogP contribution in [0, 0.1) is 12.8 Å². The summed E-state index contributed by atoms with van der Waals surface area (Å²) in [5, 5.41) is 0. The first-order valence-corrected chi connectivity index (χ1v) is 4.52. The molecule has 2 nitrogen and oxygen atoms in total. The predicted octanol–water partition coefficient (Wildman–Crippen LogP) is 2.88. The van der Waals surface area contributed by atoms with Gasteiger partial charge in [0.25, 0.3) is 0 Å². The summed E-state index contributed by atoms with van der Waals surface area (Å²) in [6, 6.07) is 2.60. The van der Waals surface area contributed by atoms with Crippen LogP contribution in [0.5, 0.6) is 0 Å². The number of hydrogen-bond donors (Lipinski definition) is 1.